The summed E-state index contributed by atoms with van der Waals surface area (Å²) in [5.74, 6) is 1.08. The van der Waals surface area contributed by atoms with Crippen LogP contribution in [0, 0.1) is 0 Å². The van der Waals surface area contributed by atoms with Crippen molar-refractivity contribution in [3.8, 4) is 5.75 Å². The third kappa shape index (κ3) is 3.75. The van der Waals surface area contributed by atoms with Gasteiger partial charge in [-0.25, -0.2) is 0 Å². The molecule has 1 heterocycles. The van der Waals surface area contributed by atoms with Gasteiger partial charge in [-0.3, -0.25) is 9.48 Å². The molecule has 0 bridgehead atoms. The van der Waals surface area contributed by atoms with E-state index in [-0.39, 0.29) is 5.91 Å². The predicted octanol–water partition coefficient (Wildman–Crippen LogP) is 1.72. The van der Waals surface area contributed by atoms with Gasteiger partial charge in [-0.2, -0.15) is 5.10 Å². The number of nitrogens with two attached hydrogens (primary N) is 1. The van der Waals surface area contributed by atoms with Crippen LogP contribution in [0.25, 0.3) is 0 Å². The number of benzene rings is 1. The van der Waals surface area contributed by atoms with E-state index in [9.17, 15) is 4.79 Å². The van der Waals surface area contributed by atoms with Crippen molar-refractivity contribution in [1.29, 1.82) is 0 Å². The number of hydrogen-bond donors (Lipinski definition) is 2. The zero-order valence-corrected chi connectivity index (χ0v) is 12.3. The molecular formula is C15H20N4O2. The largest absolute Gasteiger partial charge is 0.494 e. The number of nitrogens with zero attached hydrogens (tertiary/aromatic N) is 2. The lowest BCUT2D eigenvalue weighted by atomic mass is 10.2. The van der Waals surface area contributed by atoms with Crippen LogP contribution in [-0.4, -0.2) is 22.3 Å². The van der Waals surface area contributed by atoms with Crippen LogP contribution in [0.15, 0.2) is 30.5 Å². The Bertz CT molecular complexity index is 622. The molecule has 6 nitrogen and oxygen atoms in total. The maximum absolute atomic E-state index is 12.1. The molecule has 21 heavy (non-hydrogen) atoms. The van der Waals surface area contributed by atoms with Gasteiger partial charge in [0.05, 0.1) is 12.8 Å². The Hall–Kier alpha value is -2.50. The fraction of sp³-hybridized carbons (Fsp3) is 0.333. The highest BCUT2D eigenvalue weighted by Crippen LogP contribution is 2.14. The maximum atomic E-state index is 12.1. The van der Waals surface area contributed by atoms with Crippen LogP contribution in [-0.2, 0) is 13.6 Å². The SMILES string of the molecule is CCCOc1cccc(C(=O)NCc2cnn(C)c2N)c1. The highest BCUT2D eigenvalue weighted by molar-refractivity contribution is 5.94. The Balaban J connectivity index is 1.98. The van der Waals surface area contributed by atoms with Gasteiger partial charge in [0.25, 0.3) is 5.91 Å². The Labute approximate surface area is 123 Å². The van der Waals surface area contributed by atoms with E-state index in [0.29, 0.717) is 30.3 Å². The fourth-order valence-corrected chi connectivity index (χ4v) is 1.85. The molecule has 0 saturated heterocycles. The number of carbonyl (C=O) groups is 1. The average molecular weight is 288 g/mol. The summed E-state index contributed by atoms with van der Waals surface area (Å²) < 4.78 is 7.09. The molecule has 2 aromatic rings. The zero-order valence-electron chi connectivity index (χ0n) is 12.3. The molecule has 0 aliphatic heterocycles. The van der Waals surface area contributed by atoms with Crippen molar-refractivity contribution >= 4 is 11.7 Å². The third-order valence-electron chi connectivity index (χ3n) is 3.07. The lowest BCUT2D eigenvalue weighted by Gasteiger charge is -2.08. The molecule has 3 N–H and O–H groups in total. The van der Waals surface area contributed by atoms with Gasteiger partial charge in [0.1, 0.15) is 11.6 Å². The van der Waals surface area contributed by atoms with Gasteiger partial charge in [-0.1, -0.05) is 13.0 Å². The summed E-state index contributed by atoms with van der Waals surface area (Å²) in [5, 5.41) is 6.86. The normalized spacial score (nSPS) is 10.4. The number of aryl methyl sites for hydroxylation is 1. The van der Waals surface area contributed by atoms with Crippen LogP contribution < -0.4 is 15.8 Å². The minimum Gasteiger partial charge on any atom is -0.494 e. The van der Waals surface area contributed by atoms with Crippen LogP contribution in [0.3, 0.4) is 0 Å². The summed E-state index contributed by atoms with van der Waals surface area (Å²) in [5.41, 5.74) is 7.19. The first-order valence-electron chi connectivity index (χ1n) is 6.89. The van der Waals surface area contributed by atoms with Gasteiger partial charge in [-0.15, -0.1) is 0 Å². The first-order chi connectivity index (χ1) is 10.1. The molecule has 6 heteroatoms. The number of amides is 1. The maximum Gasteiger partial charge on any atom is 0.251 e. The van der Waals surface area contributed by atoms with E-state index in [1.165, 1.54) is 0 Å². The van der Waals surface area contributed by atoms with E-state index in [0.717, 1.165) is 12.0 Å². The smallest absolute Gasteiger partial charge is 0.251 e. The molecule has 1 aromatic carbocycles. The van der Waals surface area contributed by atoms with Gasteiger partial charge in [-0.05, 0) is 24.6 Å². The molecular weight excluding hydrogens is 268 g/mol. The summed E-state index contributed by atoms with van der Waals surface area (Å²) in [6, 6.07) is 7.13. The molecule has 0 unspecified atom stereocenters. The number of aromatic nitrogens is 2. The van der Waals surface area contributed by atoms with Crippen LogP contribution in [0.4, 0.5) is 5.82 Å². The quantitative estimate of drug-likeness (QED) is 0.848. The molecule has 0 saturated carbocycles. The monoisotopic (exact) mass is 288 g/mol. The number of hydrogen-bond acceptors (Lipinski definition) is 4. The van der Waals surface area contributed by atoms with Crippen molar-refractivity contribution in [3.63, 3.8) is 0 Å². The number of anilines is 1. The van der Waals surface area contributed by atoms with E-state index >= 15 is 0 Å². The zero-order chi connectivity index (χ0) is 15.2. The summed E-state index contributed by atoms with van der Waals surface area (Å²) in [6.07, 6.45) is 2.58. The molecule has 1 aromatic heterocycles. The van der Waals surface area contributed by atoms with Crippen LogP contribution >= 0.6 is 0 Å². The van der Waals surface area contributed by atoms with E-state index in [1.807, 2.05) is 13.0 Å². The minimum absolute atomic E-state index is 0.166. The average Bonchev–Trinajstić information content (AvgIpc) is 2.82. The van der Waals surface area contributed by atoms with Crippen LogP contribution in [0.1, 0.15) is 29.3 Å². The molecule has 0 atom stereocenters. The summed E-state index contributed by atoms with van der Waals surface area (Å²) in [6.45, 7) is 3.02. The van der Waals surface area contributed by atoms with Gasteiger partial charge in [0, 0.05) is 24.7 Å². The highest BCUT2D eigenvalue weighted by Gasteiger charge is 2.09. The molecule has 0 radical (unpaired) electrons. The Morgan fingerprint density at radius 3 is 2.95 bits per heavy atom. The Kier molecular flexibility index (Phi) is 4.81. The summed E-state index contributed by atoms with van der Waals surface area (Å²) in [7, 11) is 1.76. The van der Waals surface area contributed by atoms with Gasteiger partial charge >= 0.3 is 0 Å². The highest BCUT2D eigenvalue weighted by atomic mass is 16.5. The second-order valence-electron chi connectivity index (χ2n) is 4.74. The molecule has 0 spiro atoms. The number of nitrogens with one attached hydrogen (secondary N) is 1. The fourth-order valence-electron chi connectivity index (χ4n) is 1.85. The van der Waals surface area contributed by atoms with Crippen molar-refractivity contribution in [2.24, 2.45) is 7.05 Å². The van der Waals surface area contributed by atoms with E-state index in [4.69, 9.17) is 10.5 Å². The second-order valence-corrected chi connectivity index (χ2v) is 4.74. The number of rotatable bonds is 6. The van der Waals surface area contributed by atoms with Crippen molar-refractivity contribution in [2.45, 2.75) is 19.9 Å². The molecule has 0 fully saturated rings. The lowest BCUT2D eigenvalue weighted by molar-refractivity contribution is 0.0950. The van der Waals surface area contributed by atoms with Crippen molar-refractivity contribution in [3.05, 3.63) is 41.6 Å². The van der Waals surface area contributed by atoms with Crippen molar-refractivity contribution in [1.82, 2.24) is 15.1 Å². The number of carbonyl (C=O) groups excluding carboxylic acids is 1. The lowest BCUT2D eigenvalue weighted by Crippen LogP contribution is -2.23. The van der Waals surface area contributed by atoms with E-state index in [1.54, 1.807) is 36.1 Å². The van der Waals surface area contributed by atoms with Crippen molar-refractivity contribution in [2.75, 3.05) is 12.3 Å². The van der Waals surface area contributed by atoms with Crippen LogP contribution in [0.2, 0.25) is 0 Å². The summed E-state index contributed by atoms with van der Waals surface area (Å²) >= 11 is 0. The molecule has 1 amide bonds. The van der Waals surface area contributed by atoms with Gasteiger partial charge in [0.2, 0.25) is 0 Å². The minimum atomic E-state index is -0.166. The molecule has 0 aliphatic rings. The topological polar surface area (TPSA) is 82.2 Å². The van der Waals surface area contributed by atoms with Crippen LogP contribution in [0.5, 0.6) is 5.75 Å². The molecule has 112 valence electrons. The standard InChI is InChI=1S/C15H20N4O2/c1-3-7-21-13-6-4-5-11(8-13)15(20)17-9-12-10-18-19(2)14(12)16/h4-6,8,10H,3,7,9,16H2,1-2H3,(H,17,20). The first-order valence-corrected chi connectivity index (χ1v) is 6.89. The predicted molar refractivity (Wildman–Crippen MR) is 81.0 cm³/mol. The molecule has 2 rings (SSSR count). The first kappa shape index (κ1) is 14.9. The van der Waals surface area contributed by atoms with E-state index in [2.05, 4.69) is 10.4 Å². The molecule has 0 aliphatic carbocycles. The van der Waals surface area contributed by atoms with Crippen molar-refractivity contribution < 1.29 is 9.53 Å². The van der Waals surface area contributed by atoms with E-state index < -0.39 is 0 Å². The second kappa shape index (κ2) is 6.78. The number of nitrogen functional groups attached to an aromatic ring is 1. The Morgan fingerprint density at radius 2 is 2.29 bits per heavy atom. The Morgan fingerprint density at radius 1 is 1.48 bits per heavy atom. The van der Waals surface area contributed by atoms with Gasteiger partial charge < -0.3 is 15.8 Å². The third-order valence-corrected chi connectivity index (χ3v) is 3.07. The summed E-state index contributed by atoms with van der Waals surface area (Å²) in [4.78, 5) is 12.1. The van der Waals surface area contributed by atoms with Gasteiger partial charge in [0.15, 0.2) is 0 Å². The number of ether oxygens (including phenoxy) is 1.